The first-order valence-electron chi connectivity index (χ1n) is 10.1. The van der Waals surface area contributed by atoms with Crippen molar-refractivity contribution in [2.45, 2.75) is 52.2 Å². The van der Waals surface area contributed by atoms with Crippen molar-refractivity contribution in [2.24, 2.45) is 5.92 Å². The number of hydrogen-bond donors (Lipinski definition) is 0. The number of carbonyl (C=O) groups excluding carboxylic acids is 2. The fourth-order valence-corrected chi connectivity index (χ4v) is 4.31. The summed E-state index contributed by atoms with van der Waals surface area (Å²) < 4.78 is 28.9. The van der Waals surface area contributed by atoms with Crippen LogP contribution >= 0.6 is 11.3 Å². The van der Waals surface area contributed by atoms with Gasteiger partial charge in [0, 0.05) is 23.7 Å². The van der Waals surface area contributed by atoms with Crippen molar-refractivity contribution < 1.29 is 33.1 Å². The van der Waals surface area contributed by atoms with E-state index in [1.54, 1.807) is 14.0 Å². The molecule has 7 nitrogen and oxygen atoms in total. The fourth-order valence-electron chi connectivity index (χ4n) is 3.29. The van der Waals surface area contributed by atoms with Crippen molar-refractivity contribution in [1.82, 2.24) is 0 Å². The van der Waals surface area contributed by atoms with Crippen LogP contribution in [0.5, 0.6) is 5.75 Å². The summed E-state index contributed by atoms with van der Waals surface area (Å²) in [6.07, 6.45) is 0.0939. The first kappa shape index (κ1) is 23.7. The minimum Gasteiger partial charge on any atom is -0.469 e. The lowest BCUT2D eigenvalue weighted by Crippen LogP contribution is -2.41. The quantitative estimate of drug-likeness (QED) is 0.264. The molecule has 1 aromatic carbocycles. The minimum absolute atomic E-state index is 0.0752. The Kier molecular flexibility index (Phi) is 6.81. The number of hydrogen-bond acceptors (Lipinski definition) is 8. The number of ketones is 1. The highest BCUT2D eigenvalue weighted by Crippen LogP contribution is 2.38. The van der Waals surface area contributed by atoms with E-state index in [1.807, 2.05) is 45.9 Å². The predicted octanol–water partition coefficient (Wildman–Crippen LogP) is 3.57. The summed E-state index contributed by atoms with van der Waals surface area (Å²) in [4.78, 5) is 25.0. The molecule has 0 radical (unpaired) electrons. The van der Waals surface area contributed by atoms with Gasteiger partial charge in [0.15, 0.2) is 12.6 Å². The highest BCUT2D eigenvalue weighted by molar-refractivity contribution is 7.20. The molecule has 3 rings (SSSR count). The molecule has 1 atom stereocenters. The van der Waals surface area contributed by atoms with Gasteiger partial charge in [0.1, 0.15) is 5.75 Å². The summed E-state index contributed by atoms with van der Waals surface area (Å²) >= 11 is 1.36. The highest BCUT2D eigenvalue weighted by atomic mass is 32.1. The van der Waals surface area contributed by atoms with E-state index in [1.165, 1.54) is 18.4 Å². The third kappa shape index (κ3) is 4.79. The van der Waals surface area contributed by atoms with Crippen molar-refractivity contribution in [3.05, 3.63) is 23.1 Å². The molecule has 9 heteroatoms. The normalized spacial score (nSPS) is 18.2. The molecule has 0 saturated carbocycles. The van der Waals surface area contributed by atoms with Crippen LogP contribution in [-0.2, 0) is 23.6 Å². The number of rotatable bonds is 8. The molecule has 1 fully saturated rings. The van der Waals surface area contributed by atoms with E-state index in [-0.39, 0.29) is 19.0 Å². The van der Waals surface area contributed by atoms with Gasteiger partial charge in [0.25, 0.3) is 0 Å². The topological polar surface area (TPSA) is 80.3 Å². The number of ether oxygens (including phenoxy) is 3. The van der Waals surface area contributed by atoms with E-state index in [9.17, 15) is 9.59 Å². The Balaban J connectivity index is 1.95. The molecule has 168 valence electrons. The van der Waals surface area contributed by atoms with Gasteiger partial charge in [0.05, 0.1) is 29.1 Å². The summed E-state index contributed by atoms with van der Waals surface area (Å²) in [6, 6.07) is 5.64. The second-order valence-electron chi connectivity index (χ2n) is 8.73. The van der Waals surface area contributed by atoms with Gasteiger partial charge in [-0.05, 0) is 45.2 Å². The number of fused-ring (bicyclic) bond motifs is 1. The summed E-state index contributed by atoms with van der Waals surface area (Å²) in [7, 11) is 2.26. The van der Waals surface area contributed by atoms with Gasteiger partial charge in [-0.1, -0.05) is 13.0 Å². The summed E-state index contributed by atoms with van der Waals surface area (Å²) in [6.45, 7) is 9.72. The molecular formula is C22H29BO7S. The van der Waals surface area contributed by atoms with Gasteiger partial charge >= 0.3 is 13.1 Å². The van der Waals surface area contributed by atoms with Crippen molar-refractivity contribution in [3.8, 4) is 5.75 Å². The lowest BCUT2D eigenvalue weighted by atomic mass is 9.78. The first-order chi connectivity index (χ1) is 14.5. The number of Topliss-reactive ketones (excluding diaryl/α,β-unsaturated/α-hetero) is 1. The second-order valence-corrected chi connectivity index (χ2v) is 9.81. The maximum atomic E-state index is 12.7. The zero-order valence-electron chi connectivity index (χ0n) is 19.1. The van der Waals surface area contributed by atoms with Crippen molar-refractivity contribution in [3.63, 3.8) is 0 Å². The maximum Gasteiger partial charge on any atom is 0.498 e. The van der Waals surface area contributed by atoms with Gasteiger partial charge in [-0.3, -0.25) is 9.59 Å². The van der Waals surface area contributed by atoms with E-state index in [4.69, 9.17) is 23.5 Å². The molecule has 2 heterocycles. The highest BCUT2D eigenvalue weighted by Gasteiger charge is 2.52. The standard InChI is InChI=1S/C22H29BO7S/c1-13(20(25)27-7)8-16(24)19-10-14-9-15(17(28-12-26-6)11-18(14)31-19)23-29-21(2,3)22(4,5)30-23/h9-11,13H,8,12H2,1-7H3/t13-/m0/s1. The van der Waals surface area contributed by atoms with Gasteiger partial charge in [-0.2, -0.15) is 0 Å². The zero-order chi connectivity index (χ0) is 23.0. The average Bonchev–Trinajstić information content (AvgIpc) is 3.21. The molecule has 0 unspecified atom stereocenters. The summed E-state index contributed by atoms with van der Waals surface area (Å²) in [5.74, 6) is -0.413. The Morgan fingerprint density at radius 3 is 2.32 bits per heavy atom. The van der Waals surface area contributed by atoms with Gasteiger partial charge in [-0.25, -0.2) is 0 Å². The van der Waals surface area contributed by atoms with Crippen molar-refractivity contribution >= 4 is 45.8 Å². The van der Waals surface area contributed by atoms with Crippen LogP contribution in [0.15, 0.2) is 18.2 Å². The molecule has 0 N–H and O–H groups in total. The minimum atomic E-state index is -0.611. The largest absolute Gasteiger partial charge is 0.498 e. The predicted molar refractivity (Wildman–Crippen MR) is 120 cm³/mol. The Morgan fingerprint density at radius 1 is 1.10 bits per heavy atom. The van der Waals surface area contributed by atoms with E-state index in [0.29, 0.717) is 10.6 Å². The van der Waals surface area contributed by atoms with Crippen LogP contribution in [0, 0.1) is 5.92 Å². The molecule has 0 spiro atoms. The van der Waals surface area contributed by atoms with E-state index < -0.39 is 30.2 Å². The van der Waals surface area contributed by atoms with E-state index >= 15 is 0 Å². The van der Waals surface area contributed by atoms with Crippen LogP contribution in [0.2, 0.25) is 0 Å². The molecule has 0 bridgehead atoms. The molecule has 1 aromatic heterocycles. The van der Waals surface area contributed by atoms with Crippen LogP contribution in [0.1, 0.15) is 50.7 Å². The number of methoxy groups -OCH3 is 2. The molecule has 1 saturated heterocycles. The fraction of sp³-hybridized carbons (Fsp3) is 0.545. The van der Waals surface area contributed by atoms with Crippen LogP contribution in [0.3, 0.4) is 0 Å². The molecule has 0 amide bonds. The van der Waals surface area contributed by atoms with Crippen molar-refractivity contribution in [2.75, 3.05) is 21.0 Å². The van der Waals surface area contributed by atoms with E-state index in [0.717, 1.165) is 15.5 Å². The van der Waals surface area contributed by atoms with Crippen LogP contribution < -0.4 is 10.2 Å². The summed E-state index contributed by atoms with van der Waals surface area (Å²) in [5, 5.41) is 0.883. The Bertz CT molecular complexity index is 966. The SMILES string of the molecule is COCOc1cc2sc(C(=O)C[C@H](C)C(=O)OC)cc2cc1B1OC(C)(C)C(C)(C)O1. The molecule has 2 aromatic rings. The third-order valence-corrected chi connectivity index (χ3v) is 7.00. The molecule has 1 aliphatic rings. The average molecular weight is 448 g/mol. The van der Waals surface area contributed by atoms with Crippen LogP contribution in [-0.4, -0.2) is 51.1 Å². The number of esters is 1. The Morgan fingerprint density at radius 2 is 1.74 bits per heavy atom. The van der Waals surface area contributed by atoms with Gasteiger partial charge < -0.3 is 23.5 Å². The number of benzene rings is 1. The smallest absolute Gasteiger partial charge is 0.469 e. The number of carbonyl (C=O) groups is 2. The van der Waals surface area contributed by atoms with E-state index in [2.05, 4.69) is 0 Å². The first-order valence-corrected chi connectivity index (χ1v) is 11.0. The van der Waals surface area contributed by atoms with Gasteiger partial charge in [0.2, 0.25) is 0 Å². The molecule has 31 heavy (non-hydrogen) atoms. The summed E-state index contributed by atoms with van der Waals surface area (Å²) in [5.41, 5.74) is -0.251. The van der Waals surface area contributed by atoms with Crippen LogP contribution in [0.25, 0.3) is 10.1 Å². The molecule has 0 aliphatic carbocycles. The van der Waals surface area contributed by atoms with Crippen LogP contribution in [0.4, 0.5) is 0 Å². The second kappa shape index (κ2) is 8.90. The Labute approximate surface area is 187 Å². The zero-order valence-corrected chi connectivity index (χ0v) is 19.9. The van der Waals surface area contributed by atoms with Crippen molar-refractivity contribution in [1.29, 1.82) is 0 Å². The number of thiophene rings is 1. The molecular weight excluding hydrogens is 419 g/mol. The van der Waals surface area contributed by atoms with Gasteiger partial charge in [-0.15, -0.1) is 11.3 Å². The lowest BCUT2D eigenvalue weighted by molar-refractivity contribution is -0.144. The maximum absolute atomic E-state index is 12.7. The monoisotopic (exact) mass is 448 g/mol. The lowest BCUT2D eigenvalue weighted by Gasteiger charge is -2.32. The Hall–Kier alpha value is -1.94. The third-order valence-electron chi connectivity index (χ3n) is 5.86. The molecule has 1 aliphatic heterocycles.